The second-order valence-electron chi connectivity index (χ2n) is 8.45. The molecule has 0 fully saturated rings. The number of para-hydroxylation sites is 1. The van der Waals surface area contributed by atoms with Gasteiger partial charge in [-0.25, -0.2) is 9.89 Å². The van der Waals surface area contributed by atoms with Crippen molar-refractivity contribution in [2.75, 3.05) is 26.5 Å². The van der Waals surface area contributed by atoms with Crippen LogP contribution in [-0.4, -0.2) is 60.3 Å². The number of methoxy groups -OCH3 is 2. The van der Waals surface area contributed by atoms with Gasteiger partial charge in [-0.2, -0.15) is 0 Å². The van der Waals surface area contributed by atoms with Crippen LogP contribution in [0.25, 0.3) is 0 Å². The summed E-state index contributed by atoms with van der Waals surface area (Å²) in [4.78, 5) is 36.8. The van der Waals surface area contributed by atoms with E-state index < -0.39 is 6.04 Å². The third-order valence-electron chi connectivity index (χ3n) is 6.20. The van der Waals surface area contributed by atoms with Crippen molar-refractivity contribution >= 4 is 40.3 Å². The van der Waals surface area contributed by atoms with Crippen molar-refractivity contribution in [3.8, 4) is 11.5 Å². The lowest BCUT2D eigenvalue weighted by Crippen LogP contribution is -2.42. The van der Waals surface area contributed by atoms with Crippen molar-refractivity contribution in [1.29, 1.82) is 0 Å². The summed E-state index contributed by atoms with van der Waals surface area (Å²) >= 11 is 1.25. The Hall–Kier alpha value is -3.33. The maximum atomic E-state index is 13.2. The van der Waals surface area contributed by atoms with E-state index in [0.717, 1.165) is 23.2 Å². The minimum absolute atomic E-state index is 0.0797. The number of hydrogen-bond acceptors (Lipinski definition) is 7. The van der Waals surface area contributed by atoms with Gasteiger partial charge in [-0.05, 0) is 42.2 Å². The van der Waals surface area contributed by atoms with Crippen LogP contribution in [0.5, 0.6) is 11.5 Å². The highest BCUT2D eigenvalue weighted by atomic mass is 32.2. The van der Waals surface area contributed by atoms with Gasteiger partial charge in [0.1, 0.15) is 11.9 Å². The van der Waals surface area contributed by atoms with E-state index in [0.29, 0.717) is 35.5 Å². The van der Waals surface area contributed by atoms with Gasteiger partial charge in [0.15, 0.2) is 16.7 Å². The van der Waals surface area contributed by atoms with Crippen molar-refractivity contribution in [3.63, 3.8) is 0 Å². The number of nitrogens with one attached hydrogen (secondary N) is 1. The van der Waals surface area contributed by atoms with E-state index in [1.807, 2.05) is 49.4 Å². The third-order valence-corrected chi connectivity index (χ3v) is 7.14. The summed E-state index contributed by atoms with van der Waals surface area (Å²) in [5.74, 6) is 2.02. The maximum absolute atomic E-state index is 13.2. The second-order valence-corrected chi connectivity index (χ2v) is 9.39. The number of nitrogens with zero attached hydrogens (tertiary/aromatic N) is 3. The van der Waals surface area contributed by atoms with E-state index in [4.69, 9.17) is 19.5 Å². The van der Waals surface area contributed by atoms with Gasteiger partial charge in [-0.3, -0.25) is 14.6 Å². The Balaban J connectivity index is 1.39. The molecule has 0 spiro atoms. The molecule has 1 N–H and O–H groups in total. The van der Waals surface area contributed by atoms with Gasteiger partial charge in [0, 0.05) is 12.1 Å². The highest BCUT2D eigenvalue weighted by Crippen LogP contribution is 2.35. The first kappa shape index (κ1) is 24.8. The molecule has 0 saturated heterocycles. The number of rotatable bonds is 9. The zero-order chi connectivity index (χ0) is 24.9. The molecule has 0 aromatic heterocycles. The molecule has 4 rings (SSSR count). The maximum Gasteiger partial charge on any atom is 0.259 e. The van der Waals surface area contributed by atoms with Crippen molar-refractivity contribution in [2.24, 2.45) is 15.9 Å². The lowest BCUT2D eigenvalue weighted by molar-refractivity contribution is -0.125. The first-order valence-corrected chi connectivity index (χ1v) is 12.7. The Labute approximate surface area is 209 Å². The van der Waals surface area contributed by atoms with E-state index in [1.54, 1.807) is 19.1 Å². The number of ether oxygens (including phenoxy) is 2. The quantitative estimate of drug-likeness (QED) is 0.572. The largest absolute Gasteiger partial charge is 0.493 e. The van der Waals surface area contributed by atoms with Crippen LogP contribution < -0.4 is 14.8 Å². The van der Waals surface area contributed by atoms with Gasteiger partial charge < -0.3 is 14.8 Å². The lowest BCUT2D eigenvalue weighted by Gasteiger charge is -2.25. The molecule has 9 heteroatoms. The van der Waals surface area contributed by atoms with Gasteiger partial charge in [0.2, 0.25) is 5.91 Å². The summed E-state index contributed by atoms with van der Waals surface area (Å²) in [7, 11) is 3.19. The highest BCUT2D eigenvalue weighted by molar-refractivity contribution is 8.14. The van der Waals surface area contributed by atoms with Crippen molar-refractivity contribution in [1.82, 2.24) is 10.2 Å². The lowest BCUT2D eigenvalue weighted by atomic mass is 10.00. The number of thioether (sulfide) groups is 1. The topological polar surface area (TPSA) is 92.6 Å². The number of aliphatic imine (C=N–C) groups is 2. The smallest absolute Gasteiger partial charge is 0.259 e. The molecule has 8 nitrogen and oxygen atoms in total. The van der Waals surface area contributed by atoms with Crippen LogP contribution in [-0.2, 0) is 16.0 Å². The number of carbonyl (C=O) groups is 2. The van der Waals surface area contributed by atoms with Crippen LogP contribution in [0.4, 0.5) is 5.69 Å². The fourth-order valence-corrected chi connectivity index (χ4v) is 4.85. The van der Waals surface area contributed by atoms with Crippen molar-refractivity contribution in [2.45, 2.75) is 32.7 Å². The van der Waals surface area contributed by atoms with E-state index in [-0.39, 0.29) is 23.5 Å². The predicted molar refractivity (Wildman–Crippen MR) is 139 cm³/mol. The number of amides is 2. The van der Waals surface area contributed by atoms with Gasteiger partial charge in [-0.15, -0.1) is 0 Å². The van der Waals surface area contributed by atoms with Crippen molar-refractivity contribution in [3.05, 3.63) is 53.6 Å². The first-order valence-electron chi connectivity index (χ1n) is 11.7. The first-order chi connectivity index (χ1) is 17.0. The molecule has 0 radical (unpaired) electrons. The minimum Gasteiger partial charge on any atom is -0.493 e. The fraction of sp³-hybridized carbons (Fsp3) is 0.385. The Morgan fingerprint density at radius 2 is 1.94 bits per heavy atom. The van der Waals surface area contributed by atoms with Gasteiger partial charge >= 0.3 is 0 Å². The highest BCUT2D eigenvalue weighted by Gasteiger charge is 2.43. The van der Waals surface area contributed by atoms with Gasteiger partial charge in [0.05, 0.1) is 25.7 Å². The molecule has 0 bridgehead atoms. The summed E-state index contributed by atoms with van der Waals surface area (Å²) < 4.78 is 10.6. The average molecular weight is 495 g/mol. The van der Waals surface area contributed by atoms with Gasteiger partial charge in [-0.1, -0.05) is 50.2 Å². The molecule has 35 heavy (non-hydrogen) atoms. The monoisotopic (exact) mass is 494 g/mol. The molecule has 2 atom stereocenters. The summed E-state index contributed by atoms with van der Waals surface area (Å²) in [6.07, 6.45) is 1.51. The zero-order valence-corrected chi connectivity index (χ0v) is 21.2. The third kappa shape index (κ3) is 5.19. The molecule has 2 amide bonds. The van der Waals surface area contributed by atoms with Crippen molar-refractivity contribution < 1.29 is 19.1 Å². The van der Waals surface area contributed by atoms with E-state index in [2.05, 4.69) is 12.2 Å². The number of amidine groups is 2. The Morgan fingerprint density at radius 3 is 2.69 bits per heavy atom. The zero-order valence-electron chi connectivity index (χ0n) is 20.4. The molecule has 2 aliphatic heterocycles. The van der Waals surface area contributed by atoms with Crippen LogP contribution in [0.1, 0.15) is 31.4 Å². The summed E-state index contributed by atoms with van der Waals surface area (Å²) in [5.41, 5.74) is 2.63. The summed E-state index contributed by atoms with van der Waals surface area (Å²) in [6.45, 7) is 4.57. The van der Waals surface area contributed by atoms with Crippen LogP contribution in [0.3, 0.4) is 0 Å². The fourth-order valence-electron chi connectivity index (χ4n) is 4.02. The molecule has 2 aliphatic rings. The molecule has 0 aliphatic carbocycles. The molecular formula is C26H30N4O4S. The molecule has 2 aromatic rings. The molecule has 0 saturated carbocycles. The Kier molecular flexibility index (Phi) is 7.75. The van der Waals surface area contributed by atoms with Gasteiger partial charge in [0.25, 0.3) is 5.91 Å². The Morgan fingerprint density at radius 1 is 1.17 bits per heavy atom. The van der Waals surface area contributed by atoms with Crippen LogP contribution >= 0.6 is 11.8 Å². The molecule has 0 unspecified atom stereocenters. The minimum atomic E-state index is -0.428. The number of fused-ring (bicyclic) bond motifs is 3. The molecule has 2 heterocycles. The van der Waals surface area contributed by atoms with Crippen LogP contribution in [0.2, 0.25) is 0 Å². The normalized spacial score (nSPS) is 17.2. The molecular weight excluding hydrogens is 464 g/mol. The number of carbonyl (C=O) groups excluding carboxylic acids is 2. The van der Waals surface area contributed by atoms with E-state index >= 15 is 0 Å². The summed E-state index contributed by atoms with van der Waals surface area (Å²) in [5, 5.41) is 3.44. The van der Waals surface area contributed by atoms with E-state index in [9.17, 15) is 9.59 Å². The second kappa shape index (κ2) is 10.9. The number of benzene rings is 2. The van der Waals surface area contributed by atoms with Crippen LogP contribution in [0, 0.1) is 5.92 Å². The number of hydrogen-bond donors (Lipinski definition) is 1. The standard InChI is InChI=1S/C26H30N4O4S/c1-5-16(2)23-25(32)30-24(29-23)18-8-6-7-9-19(18)28-26(30)35-15-22(31)27-13-12-17-10-11-20(33-3)21(14-17)34-4/h6-11,14,16,23H,5,12-13,15H2,1-4H3,(H,27,31)/t16-,23-/m1/s1. The SMILES string of the molecule is CC[C@@H](C)[C@H]1N=C2c3ccccc3N=C(SCC(=O)NCCc3ccc(OC)c(OC)c3)N2C1=O. The average Bonchev–Trinajstić information content (AvgIpc) is 3.24. The predicted octanol–water partition coefficient (Wildman–Crippen LogP) is 3.80. The molecule has 184 valence electrons. The van der Waals surface area contributed by atoms with Crippen LogP contribution in [0.15, 0.2) is 52.4 Å². The Bertz CT molecular complexity index is 1180. The van der Waals surface area contributed by atoms with E-state index in [1.165, 1.54) is 11.8 Å². The summed E-state index contributed by atoms with van der Waals surface area (Å²) in [6, 6.07) is 12.9. The molecule has 2 aromatic carbocycles.